The first-order chi connectivity index (χ1) is 8.51. The number of H-pyrrole nitrogens is 1. The van der Waals surface area contributed by atoms with E-state index in [0.717, 1.165) is 18.9 Å². The van der Waals surface area contributed by atoms with E-state index < -0.39 is 0 Å². The van der Waals surface area contributed by atoms with Gasteiger partial charge in [0.1, 0.15) is 0 Å². The van der Waals surface area contributed by atoms with E-state index in [1.807, 2.05) is 6.33 Å². The lowest BCUT2D eigenvalue weighted by atomic mass is 9.65. The Morgan fingerprint density at radius 3 is 2.67 bits per heavy atom. The maximum Gasteiger partial charge on any atom is 0.0926 e. The van der Waals surface area contributed by atoms with Crippen LogP contribution in [0.3, 0.4) is 0 Å². The zero-order chi connectivity index (χ0) is 12.8. The fraction of sp³-hybridized carbons (Fsp3) is 0.800. The second-order valence-electron chi connectivity index (χ2n) is 7.13. The lowest BCUT2D eigenvalue weighted by molar-refractivity contribution is 0.107. The first kappa shape index (κ1) is 12.2. The Morgan fingerprint density at radius 2 is 2.00 bits per heavy atom. The van der Waals surface area contributed by atoms with Gasteiger partial charge in [0.2, 0.25) is 0 Å². The van der Waals surface area contributed by atoms with Crippen LogP contribution in [-0.4, -0.2) is 16.5 Å². The number of hydrogen-bond donors (Lipinski definition) is 2. The molecule has 0 amide bonds. The van der Waals surface area contributed by atoms with Crippen molar-refractivity contribution in [3.63, 3.8) is 0 Å². The molecule has 2 N–H and O–H groups in total. The van der Waals surface area contributed by atoms with Crippen LogP contribution in [0.1, 0.15) is 57.8 Å². The molecule has 1 aromatic rings. The molecule has 0 aromatic carbocycles. The number of nitrogens with zero attached hydrogens (tertiary/aromatic N) is 1. The van der Waals surface area contributed by atoms with E-state index in [2.05, 4.69) is 36.1 Å². The highest BCUT2D eigenvalue weighted by molar-refractivity contribution is 5.26. The van der Waals surface area contributed by atoms with Crippen molar-refractivity contribution in [2.45, 2.75) is 58.4 Å². The van der Waals surface area contributed by atoms with E-state index in [9.17, 15) is 0 Å². The van der Waals surface area contributed by atoms with E-state index in [1.54, 1.807) is 0 Å². The summed E-state index contributed by atoms with van der Waals surface area (Å²) in [5.74, 6) is 0.856. The Balaban J connectivity index is 1.81. The number of rotatable bonds is 0. The molecule has 3 rings (SSSR count). The molecule has 1 spiro atoms. The predicted octanol–water partition coefficient (Wildman–Crippen LogP) is 2.99. The molecule has 1 aliphatic carbocycles. The average molecular weight is 247 g/mol. The smallest absolute Gasteiger partial charge is 0.0926 e. The monoisotopic (exact) mass is 247 g/mol. The largest absolute Gasteiger partial charge is 0.348 e. The third kappa shape index (κ3) is 1.89. The normalized spacial score (nSPS) is 32.5. The van der Waals surface area contributed by atoms with Crippen molar-refractivity contribution in [3.8, 4) is 0 Å². The summed E-state index contributed by atoms with van der Waals surface area (Å²) < 4.78 is 0. The van der Waals surface area contributed by atoms with E-state index >= 15 is 0 Å². The summed E-state index contributed by atoms with van der Waals surface area (Å²) in [6.07, 6.45) is 8.10. The predicted molar refractivity (Wildman–Crippen MR) is 73.4 cm³/mol. The molecule has 100 valence electrons. The number of hydrogen-bond acceptors (Lipinski definition) is 2. The Bertz CT molecular complexity index is 419. The SMILES string of the molecule is CC(C)(C)C1CCC2(CC1)NCCc1[nH]cnc12. The van der Waals surface area contributed by atoms with Crippen LogP contribution < -0.4 is 5.32 Å². The molecule has 2 heterocycles. The van der Waals surface area contributed by atoms with Gasteiger partial charge in [0, 0.05) is 18.7 Å². The van der Waals surface area contributed by atoms with Gasteiger partial charge in [0.25, 0.3) is 0 Å². The minimum Gasteiger partial charge on any atom is -0.348 e. The third-order valence-electron chi connectivity index (χ3n) is 5.07. The highest BCUT2D eigenvalue weighted by Gasteiger charge is 2.43. The molecule has 18 heavy (non-hydrogen) atoms. The summed E-state index contributed by atoms with van der Waals surface area (Å²) in [5, 5.41) is 3.77. The van der Waals surface area contributed by atoms with Crippen LogP contribution in [0.25, 0.3) is 0 Å². The van der Waals surface area contributed by atoms with Crippen molar-refractivity contribution in [2.75, 3.05) is 6.54 Å². The quantitative estimate of drug-likeness (QED) is 0.740. The first-order valence-corrected chi connectivity index (χ1v) is 7.29. The summed E-state index contributed by atoms with van der Waals surface area (Å²) in [4.78, 5) is 7.92. The van der Waals surface area contributed by atoms with Crippen LogP contribution in [0.4, 0.5) is 0 Å². The molecule has 0 radical (unpaired) electrons. The van der Waals surface area contributed by atoms with E-state index in [0.29, 0.717) is 5.41 Å². The Labute approximate surface area is 110 Å². The summed E-state index contributed by atoms with van der Waals surface area (Å²) >= 11 is 0. The Morgan fingerprint density at radius 1 is 1.28 bits per heavy atom. The summed E-state index contributed by atoms with van der Waals surface area (Å²) in [6.45, 7) is 8.23. The highest BCUT2D eigenvalue weighted by atomic mass is 15.1. The van der Waals surface area contributed by atoms with Crippen molar-refractivity contribution in [1.82, 2.24) is 15.3 Å². The topological polar surface area (TPSA) is 40.7 Å². The number of aromatic amines is 1. The van der Waals surface area contributed by atoms with Gasteiger partial charge in [-0.25, -0.2) is 4.98 Å². The molecular weight excluding hydrogens is 222 g/mol. The molecule has 1 fully saturated rings. The highest BCUT2D eigenvalue weighted by Crippen LogP contribution is 2.46. The molecule has 1 saturated carbocycles. The van der Waals surface area contributed by atoms with Crippen molar-refractivity contribution in [3.05, 3.63) is 17.7 Å². The molecule has 3 nitrogen and oxygen atoms in total. The van der Waals surface area contributed by atoms with E-state index in [-0.39, 0.29) is 5.54 Å². The standard InChI is InChI=1S/C15H25N3/c1-14(2,3)11-4-7-15(8-5-11)13-12(6-9-18-15)16-10-17-13/h10-11,18H,4-9H2,1-3H3,(H,16,17). The molecule has 0 bridgehead atoms. The Hall–Kier alpha value is -0.830. The summed E-state index contributed by atoms with van der Waals surface area (Å²) in [6, 6.07) is 0. The van der Waals surface area contributed by atoms with Gasteiger partial charge in [-0.15, -0.1) is 0 Å². The molecule has 0 atom stereocenters. The van der Waals surface area contributed by atoms with Crippen LogP contribution in [0, 0.1) is 11.3 Å². The van der Waals surface area contributed by atoms with Crippen LogP contribution in [0.5, 0.6) is 0 Å². The molecule has 0 unspecified atom stereocenters. The van der Waals surface area contributed by atoms with E-state index in [4.69, 9.17) is 0 Å². The van der Waals surface area contributed by atoms with Gasteiger partial charge in [-0.3, -0.25) is 0 Å². The van der Waals surface area contributed by atoms with Crippen LogP contribution >= 0.6 is 0 Å². The second-order valence-corrected chi connectivity index (χ2v) is 7.13. The lowest BCUT2D eigenvalue weighted by Gasteiger charge is -2.45. The van der Waals surface area contributed by atoms with Gasteiger partial charge in [-0.1, -0.05) is 20.8 Å². The number of aromatic nitrogens is 2. The summed E-state index contributed by atoms with van der Waals surface area (Å²) in [7, 11) is 0. The van der Waals surface area contributed by atoms with Crippen LogP contribution in [-0.2, 0) is 12.0 Å². The third-order valence-corrected chi connectivity index (χ3v) is 5.07. The zero-order valence-corrected chi connectivity index (χ0v) is 11.8. The van der Waals surface area contributed by atoms with Crippen molar-refractivity contribution in [1.29, 1.82) is 0 Å². The number of fused-ring (bicyclic) bond motifs is 2. The summed E-state index contributed by atoms with van der Waals surface area (Å²) in [5.41, 5.74) is 3.30. The molecule has 1 aromatic heterocycles. The van der Waals surface area contributed by atoms with Crippen molar-refractivity contribution < 1.29 is 0 Å². The number of imidazole rings is 1. The fourth-order valence-corrected chi connectivity index (χ4v) is 3.82. The van der Waals surface area contributed by atoms with Crippen LogP contribution in [0.15, 0.2) is 6.33 Å². The van der Waals surface area contributed by atoms with Crippen molar-refractivity contribution in [2.24, 2.45) is 11.3 Å². The molecule has 0 saturated heterocycles. The first-order valence-electron chi connectivity index (χ1n) is 7.29. The molecular formula is C15H25N3. The molecule has 3 heteroatoms. The maximum atomic E-state index is 4.60. The second kappa shape index (κ2) is 4.09. The zero-order valence-electron chi connectivity index (χ0n) is 11.8. The van der Waals surface area contributed by atoms with Gasteiger partial charge in [0.05, 0.1) is 17.6 Å². The minimum absolute atomic E-state index is 0.176. The molecule has 2 aliphatic rings. The van der Waals surface area contributed by atoms with Gasteiger partial charge in [-0.2, -0.15) is 0 Å². The van der Waals surface area contributed by atoms with Gasteiger partial charge in [0.15, 0.2) is 0 Å². The van der Waals surface area contributed by atoms with Gasteiger partial charge in [-0.05, 0) is 37.0 Å². The lowest BCUT2D eigenvalue weighted by Crippen LogP contribution is -2.50. The van der Waals surface area contributed by atoms with Gasteiger partial charge >= 0.3 is 0 Å². The van der Waals surface area contributed by atoms with E-state index in [1.165, 1.54) is 37.1 Å². The average Bonchev–Trinajstić information content (AvgIpc) is 2.78. The fourth-order valence-electron chi connectivity index (χ4n) is 3.82. The van der Waals surface area contributed by atoms with Gasteiger partial charge < -0.3 is 10.3 Å². The van der Waals surface area contributed by atoms with Crippen LogP contribution in [0.2, 0.25) is 0 Å². The number of nitrogens with one attached hydrogen (secondary N) is 2. The minimum atomic E-state index is 0.176. The Kier molecular flexibility index (Phi) is 2.77. The maximum absolute atomic E-state index is 4.60. The molecule has 1 aliphatic heterocycles. The van der Waals surface area contributed by atoms with Crippen molar-refractivity contribution >= 4 is 0 Å².